The fourth-order valence-electron chi connectivity index (χ4n) is 1.53. The largest absolute Gasteiger partial charge is 0.550 e. The van der Waals surface area contributed by atoms with Crippen LogP contribution in [-0.2, 0) is 9.59 Å². The lowest BCUT2D eigenvalue weighted by Crippen LogP contribution is -2.35. The van der Waals surface area contributed by atoms with Gasteiger partial charge in [0.25, 0.3) is 0 Å². The highest BCUT2D eigenvalue weighted by atomic mass is 32.2. The van der Waals surface area contributed by atoms with E-state index in [0.29, 0.717) is 16.8 Å². The number of aromatic nitrogens is 1. The number of carboxylic acids is 1. The van der Waals surface area contributed by atoms with Gasteiger partial charge in [-0.05, 0) is 0 Å². The van der Waals surface area contributed by atoms with Gasteiger partial charge in [0.1, 0.15) is 0 Å². The van der Waals surface area contributed by atoms with E-state index in [-0.39, 0.29) is 12.3 Å². The molecule has 1 aliphatic heterocycles. The first-order valence-corrected chi connectivity index (χ1v) is 7.14. The second-order valence-electron chi connectivity index (χ2n) is 3.63. The molecule has 6 nitrogen and oxygen atoms in total. The molecule has 1 aliphatic rings. The summed E-state index contributed by atoms with van der Waals surface area (Å²) in [7, 11) is 0. The molecule has 19 heavy (non-hydrogen) atoms. The molecule has 0 aliphatic carbocycles. The number of nitrogens with zero attached hydrogens (tertiary/aromatic N) is 3. The number of aliphatic imine (C=N–C) groups is 1. The molecule has 1 aromatic rings. The number of carboxylic acid groups (broad SMARTS) is 1. The average Bonchev–Trinajstić information content (AvgIpc) is 2.94. The van der Waals surface area contributed by atoms with Crippen LogP contribution in [-0.4, -0.2) is 38.7 Å². The Kier molecular flexibility index (Phi) is 4.33. The van der Waals surface area contributed by atoms with Gasteiger partial charge in [0.15, 0.2) is 5.17 Å². The van der Waals surface area contributed by atoms with E-state index in [0.717, 1.165) is 11.8 Å². The van der Waals surface area contributed by atoms with E-state index < -0.39 is 11.2 Å². The van der Waals surface area contributed by atoms with Crippen molar-refractivity contribution in [1.29, 1.82) is 0 Å². The van der Waals surface area contributed by atoms with Crippen LogP contribution in [0.3, 0.4) is 0 Å². The van der Waals surface area contributed by atoms with Gasteiger partial charge in [0.05, 0.1) is 5.25 Å². The predicted octanol–water partition coefficient (Wildman–Crippen LogP) is 0.401. The molecule has 0 saturated carbocycles. The third kappa shape index (κ3) is 3.21. The van der Waals surface area contributed by atoms with Gasteiger partial charge in [0, 0.05) is 30.5 Å². The standard InChI is InChI=1S/C11H11N3O3S2/c1-2-4-14-9(17)7(6-8(15)16)19-11(14)13-10-12-3-5-18-10/h2-3,5,7H,1,4,6H2,(H,15,16)/p-1. The first-order valence-electron chi connectivity index (χ1n) is 5.38. The van der Waals surface area contributed by atoms with Gasteiger partial charge >= 0.3 is 0 Å². The monoisotopic (exact) mass is 296 g/mol. The van der Waals surface area contributed by atoms with Crippen LogP contribution in [0.1, 0.15) is 6.42 Å². The fourth-order valence-corrected chi connectivity index (χ4v) is 3.22. The van der Waals surface area contributed by atoms with Crippen LogP contribution in [0.2, 0.25) is 0 Å². The van der Waals surface area contributed by atoms with Gasteiger partial charge in [-0.15, -0.1) is 17.9 Å². The van der Waals surface area contributed by atoms with E-state index in [1.54, 1.807) is 17.7 Å². The zero-order valence-electron chi connectivity index (χ0n) is 9.81. The van der Waals surface area contributed by atoms with Gasteiger partial charge in [-0.3, -0.25) is 9.69 Å². The normalized spacial score (nSPS) is 21.1. The van der Waals surface area contributed by atoms with E-state index >= 15 is 0 Å². The second-order valence-corrected chi connectivity index (χ2v) is 5.67. The molecule has 0 radical (unpaired) electrons. The molecule has 0 N–H and O–H groups in total. The molecule has 1 aromatic heterocycles. The van der Waals surface area contributed by atoms with E-state index in [9.17, 15) is 14.7 Å². The summed E-state index contributed by atoms with van der Waals surface area (Å²) in [4.78, 5) is 32.3. The Morgan fingerprint density at radius 3 is 3.05 bits per heavy atom. The summed E-state index contributed by atoms with van der Waals surface area (Å²) in [6.45, 7) is 3.87. The molecule has 1 saturated heterocycles. The quantitative estimate of drug-likeness (QED) is 0.734. The maximum atomic E-state index is 12.0. The van der Waals surface area contributed by atoms with Crippen molar-refractivity contribution in [3.63, 3.8) is 0 Å². The lowest BCUT2D eigenvalue weighted by molar-refractivity contribution is -0.305. The van der Waals surface area contributed by atoms with Crippen molar-refractivity contribution in [2.45, 2.75) is 11.7 Å². The number of thiazole rings is 1. The molecular weight excluding hydrogens is 286 g/mol. The molecule has 2 rings (SSSR count). The van der Waals surface area contributed by atoms with Crippen LogP contribution >= 0.6 is 23.1 Å². The number of aliphatic carboxylic acids is 1. The minimum atomic E-state index is -1.25. The Morgan fingerprint density at radius 1 is 1.68 bits per heavy atom. The number of rotatable bonds is 5. The predicted molar refractivity (Wildman–Crippen MR) is 72.1 cm³/mol. The molecule has 1 unspecified atom stereocenters. The van der Waals surface area contributed by atoms with E-state index in [2.05, 4.69) is 16.6 Å². The SMILES string of the molecule is C=CCN1C(=O)C(CC(=O)[O-])SC1=Nc1nccs1. The molecule has 100 valence electrons. The minimum absolute atomic E-state index is 0.288. The van der Waals surface area contributed by atoms with Crippen LogP contribution in [0.5, 0.6) is 0 Å². The van der Waals surface area contributed by atoms with E-state index in [1.807, 2.05) is 0 Å². The average molecular weight is 296 g/mol. The Bertz CT molecular complexity index is 527. The van der Waals surface area contributed by atoms with Crippen molar-refractivity contribution in [3.8, 4) is 0 Å². The van der Waals surface area contributed by atoms with Crippen LogP contribution in [0, 0.1) is 0 Å². The van der Waals surface area contributed by atoms with Crippen LogP contribution in [0.15, 0.2) is 29.2 Å². The summed E-state index contributed by atoms with van der Waals surface area (Å²) >= 11 is 2.46. The second kappa shape index (κ2) is 5.98. The summed E-state index contributed by atoms with van der Waals surface area (Å²) in [5.41, 5.74) is 0. The third-order valence-corrected chi connectivity index (χ3v) is 4.13. The summed E-state index contributed by atoms with van der Waals surface area (Å²) in [5, 5.41) is 12.7. The highest BCUT2D eigenvalue weighted by Crippen LogP contribution is 2.31. The summed E-state index contributed by atoms with van der Waals surface area (Å²) in [6.07, 6.45) is 2.85. The molecule has 0 spiro atoms. The molecule has 1 fully saturated rings. The van der Waals surface area contributed by atoms with Crippen molar-refractivity contribution in [3.05, 3.63) is 24.2 Å². The summed E-state index contributed by atoms with van der Waals surface area (Å²) < 4.78 is 0. The lowest BCUT2D eigenvalue weighted by atomic mass is 10.3. The van der Waals surface area contributed by atoms with Gasteiger partial charge in [-0.25, -0.2) is 4.98 Å². The molecular formula is C11H10N3O3S2-. The molecule has 2 heterocycles. The molecule has 1 atom stereocenters. The number of hydrogen-bond donors (Lipinski definition) is 0. The van der Waals surface area contributed by atoms with Crippen molar-refractivity contribution >= 4 is 45.3 Å². The van der Waals surface area contributed by atoms with Gasteiger partial charge < -0.3 is 9.90 Å². The molecule has 1 amide bonds. The van der Waals surface area contributed by atoms with Crippen LogP contribution < -0.4 is 5.11 Å². The zero-order chi connectivity index (χ0) is 13.8. The highest BCUT2D eigenvalue weighted by molar-refractivity contribution is 8.15. The Balaban J connectivity index is 2.23. The Labute approximate surface area is 117 Å². The van der Waals surface area contributed by atoms with Crippen molar-refractivity contribution < 1.29 is 14.7 Å². The molecule has 8 heteroatoms. The number of amides is 1. The summed E-state index contributed by atoms with van der Waals surface area (Å²) in [5.74, 6) is -1.54. The number of carbonyl (C=O) groups excluding carboxylic acids is 2. The molecule has 0 bridgehead atoms. The number of thioether (sulfide) groups is 1. The number of hydrogen-bond acceptors (Lipinski definition) is 7. The first-order chi connectivity index (χ1) is 9.11. The van der Waals surface area contributed by atoms with Crippen molar-refractivity contribution in [2.75, 3.05) is 6.54 Å². The zero-order valence-corrected chi connectivity index (χ0v) is 11.4. The maximum Gasteiger partial charge on any atom is 0.242 e. The van der Waals surface area contributed by atoms with Gasteiger partial charge in [-0.1, -0.05) is 17.8 Å². The smallest absolute Gasteiger partial charge is 0.242 e. The first kappa shape index (κ1) is 13.8. The number of carbonyl (C=O) groups is 2. The molecule has 0 aromatic carbocycles. The third-order valence-electron chi connectivity index (χ3n) is 2.29. The van der Waals surface area contributed by atoms with Crippen molar-refractivity contribution in [2.24, 2.45) is 4.99 Å². The van der Waals surface area contributed by atoms with Gasteiger partial charge in [0.2, 0.25) is 11.0 Å². The van der Waals surface area contributed by atoms with Crippen molar-refractivity contribution in [1.82, 2.24) is 9.88 Å². The van der Waals surface area contributed by atoms with E-state index in [4.69, 9.17) is 0 Å². The number of amidine groups is 1. The highest BCUT2D eigenvalue weighted by Gasteiger charge is 2.37. The Hall–Kier alpha value is -1.67. The topological polar surface area (TPSA) is 85.7 Å². The van der Waals surface area contributed by atoms with Crippen LogP contribution in [0.4, 0.5) is 5.13 Å². The maximum absolute atomic E-state index is 12.0. The van der Waals surface area contributed by atoms with Crippen LogP contribution in [0.25, 0.3) is 0 Å². The lowest BCUT2D eigenvalue weighted by Gasteiger charge is -2.13. The minimum Gasteiger partial charge on any atom is -0.550 e. The van der Waals surface area contributed by atoms with Gasteiger partial charge in [-0.2, -0.15) is 4.99 Å². The fraction of sp³-hybridized carbons (Fsp3) is 0.273. The Morgan fingerprint density at radius 2 is 2.47 bits per heavy atom. The van der Waals surface area contributed by atoms with E-state index in [1.165, 1.54) is 16.2 Å². The summed E-state index contributed by atoms with van der Waals surface area (Å²) in [6, 6.07) is 0.